The van der Waals surface area contributed by atoms with E-state index < -0.39 is 6.10 Å². The molecule has 1 heterocycles. The van der Waals surface area contributed by atoms with E-state index in [0.717, 1.165) is 25.7 Å². The van der Waals surface area contributed by atoms with Crippen molar-refractivity contribution >= 4 is 0 Å². The number of rotatable bonds is 4. The molecule has 2 rings (SSSR count). The zero-order valence-electron chi connectivity index (χ0n) is 12.1. The minimum absolute atomic E-state index is 0.222. The Labute approximate surface area is 115 Å². The van der Waals surface area contributed by atoms with E-state index in [1.54, 1.807) is 13.3 Å². The molecule has 1 fully saturated rings. The van der Waals surface area contributed by atoms with Crippen molar-refractivity contribution in [2.45, 2.75) is 43.7 Å². The van der Waals surface area contributed by atoms with Gasteiger partial charge in [0.25, 0.3) is 0 Å². The average Bonchev–Trinajstić information content (AvgIpc) is 2.47. The van der Waals surface area contributed by atoms with E-state index in [1.807, 2.05) is 26.2 Å². The molecule has 1 atom stereocenters. The molecule has 0 amide bonds. The number of hydrogen-bond acceptors (Lipinski definition) is 4. The smallest absolute Gasteiger partial charge is 0.143 e. The summed E-state index contributed by atoms with van der Waals surface area (Å²) in [5.74, 6) is 0.668. The van der Waals surface area contributed by atoms with Gasteiger partial charge in [0, 0.05) is 6.20 Å². The SMILES string of the molecule is COc1cccnc1C(O)C1(N(C)C)CCCCC1. The third kappa shape index (κ3) is 2.60. The molecule has 4 heteroatoms. The quantitative estimate of drug-likeness (QED) is 0.907. The fourth-order valence-electron chi connectivity index (χ4n) is 3.16. The predicted octanol–water partition coefficient (Wildman–Crippen LogP) is 2.39. The van der Waals surface area contributed by atoms with Crippen LogP contribution in [0.3, 0.4) is 0 Å². The van der Waals surface area contributed by atoms with E-state index >= 15 is 0 Å². The maximum atomic E-state index is 10.9. The van der Waals surface area contributed by atoms with Crippen molar-refractivity contribution in [3.63, 3.8) is 0 Å². The molecule has 1 aliphatic carbocycles. The van der Waals surface area contributed by atoms with Gasteiger partial charge in [-0.05, 0) is 39.1 Å². The number of methoxy groups -OCH3 is 1. The molecule has 4 nitrogen and oxygen atoms in total. The van der Waals surface area contributed by atoms with Crippen molar-refractivity contribution in [2.75, 3.05) is 21.2 Å². The van der Waals surface area contributed by atoms with Gasteiger partial charge >= 0.3 is 0 Å². The Morgan fingerprint density at radius 2 is 2.00 bits per heavy atom. The molecule has 19 heavy (non-hydrogen) atoms. The standard InChI is InChI=1S/C15H24N2O2/c1-17(2)15(9-5-4-6-10-15)14(18)13-12(19-3)8-7-11-16-13/h7-8,11,14,18H,4-6,9-10H2,1-3H3. The monoisotopic (exact) mass is 264 g/mol. The van der Waals surface area contributed by atoms with Crippen molar-refractivity contribution in [1.29, 1.82) is 0 Å². The number of aromatic nitrogens is 1. The Balaban J connectivity index is 2.36. The maximum Gasteiger partial charge on any atom is 0.143 e. The van der Waals surface area contributed by atoms with E-state index in [4.69, 9.17) is 4.74 Å². The van der Waals surface area contributed by atoms with Gasteiger partial charge in [0.15, 0.2) is 0 Å². The van der Waals surface area contributed by atoms with E-state index in [0.29, 0.717) is 11.4 Å². The van der Waals surface area contributed by atoms with Gasteiger partial charge in [-0.3, -0.25) is 4.98 Å². The summed E-state index contributed by atoms with van der Waals surface area (Å²) >= 11 is 0. The third-order valence-corrected chi connectivity index (χ3v) is 4.40. The molecule has 1 unspecified atom stereocenters. The van der Waals surface area contributed by atoms with Gasteiger partial charge in [0.05, 0.1) is 12.6 Å². The highest BCUT2D eigenvalue weighted by Crippen LogP contribution is 2.43. The highest BCUT2D eigenvalue weighted by molar-refractivity contribution is 5.31. The summed E-state index contributed by atoms with van der Waals surface area (Å²) in [4.78, 5) is 6.51. The van der Waals surface area contributed by atoms with Crippen molar-refractivity contribution in [2.24, 2.45) is 0 Å². The Morgan fingerprint density at radius 1 is 1.32 bits per heavy atom. The maximum absolute atomic E-state index is 10.9. The highest BCUT2D eigenvalue weighted by atomic mass is 16.5. The molecule has 1 N–H and O–H groups in total. The second-order valence-corrected chi connectivity index (χ2v) is 5.55. The fraction of sp³-hybridized carbons (Fsp3) is 0.667. The lowest BCUT2D eigenvalue weighted by atomic mass is 9.75. The van der Waals surface area contributed by atoms with Crippen LogP contribution in [-0.2, 0) is 0 Å². The molecule has 0 aliphatic heterocycles. The molecule has 0 saturated heterocycles. The minimum atomic E-state index is -0.612. The minimum Gasteiger partial charge on any atom is -0.495 e. The number of aliphatic hydroxyl groups is 1. The average molecular weight is 264 g/mol. The first-order valence-corrected chi connectivity index (χ1v) is 6.96. The molecule has 106 valence electrons. The van der Waals surface area contributed by atoms with Gasteiger partial charge in [-0.25, -0.2) is 0 Å². The number of aliphatic hydroxyl groups excluding tert-OH is 1. The Kier molecular flexibility index (Phi) is 4.42. The van der Waals surface area contributed by atoms with Crippen LogP contribution in [-0.4, -0.2) is 41.7 Å². The lowest BCUT2D eigenvalue weighted by Gasteiger charge is -2.46. The summed E-state index contributed by atoms with van der Waals surface area (Å²) in [6.45, 7) is 0. The van der Waals surface area contributed by atoms with Crippen LogP contribution in [0.4, 0.5) is 0 Å². The van der Waals surface area contributed by atoms with E-state index in [9.17, 15) is 5.11 Å². The Hall–Kier alpha value is -1.13. The second kappa shape index (κ2) is 5.88. The van der Waals surface area contributed by atoms with Crippen LogP contribution in [0.2, 0.25) is 0 Å². The molecule has 0 spiro atoms. The van der Waals surface area contributed by atoms with Crippen LogP contribution in [0.25, 0.3) is 0 Å². The summed E-state index contributed by atoms with van der Waals surface area (Å²) in [5, 5.41) is 10.9. The van der Waals surface area contributed by atoms with Gasteiger partial charge in [-0.15, -0.1) is 0 Å². The van der Waals surface area contributed by atoms with Crippen LogP contribution >= 0.6 is 0 Å². The van der Waals surface area contributed by atoms with Gasteiger partial charge in [-0.2, -0.15) is 0 Å². The molecule has 1 aliphatic rings. The molecule has 1 saturated carbocycles. The Morgan fingerprint density at radius 3 is 2.58 bits per heavy atom. The number of likely N-dealkylation sites (N-methyl/N-ethyl adjacent to an activating group) is 1. The first-order valence-electron chi connectivity index (χ1n) is 6.96. The van der Waals surface area contributed by atoms with Gasteiger partial charge < -0.3 is 14.7 Å². The highest BCUT2D eigenvalue weighted by Gasteiger charge is 2.43. The number of ether oxygens (including phenoxy) is 1. The van der Waals surface area contributed by atoms with Gasteiger partial charge in [-0.1, -0.05) is 19.3 Å². The van der Waals surface area contributed by atoms with E-state index in [-0.39, 0.29) is 5.54 Å². The summed E-state index contributed by atoms with van der Waals surface area (Å²) in [5.41, 5.74) is 0.431. The Bertz CT molecular complexity index is 414. The zero-order chi connectivity index (χ0) is 13.9. The number of nitrogens with zero attached hydrogens (tertiary/aromatic N) is 2. The summed E-state index contributed by atoms with van der Waals surface area (Å²) in [7, 11) is 5.71. The topological polar surface area (TPSA) is 45.6 Å². The van der Waals surface area contributed by atoms with Crippen LogP contribution in [0.5, 0.6) is 5.75 Å². The molecule has 0 bridgehead atoms. The van der Waals surface area contributed by atoms with Crippen LogP contribution in [0, 0.1) is 0 Å². The largest absolute Gasteiger partial charge is 0.495 e. The lowest BCUT2D eigenvalue weighted by molar-refractivity contribution is -0.0368. The fourth-order valence-corrected chi connectivity index (χ4v) is 3.16. The van der Waals surface area contributed by atoms with Gasteiger partial charge in [0.2, 0.25) is 0 Å². The van der Waals surface area contributed by atoms with Crippen molar-refractivity contribution in [3.05, 3.63) is 24.0 Å². The summed E-state index contributed by atoms with van der Waals surface area (Å²) < 4.78 is 5.34. The van der Waals surface area contributed by atoms with Crippen molar-refractivity contribution in [1.82, 2.24) is 9.88 Å². The first kappa shape index (κ1) is 14.3. The second-order valence-electron chi connectivity index (χ2n) is 5.55. The molecule has 1 aromatic heterocycles. The van der Waals surface area contributed by atoms with Crippen molar-refractivity contribution in [3.8, 4) is 5.75 Å². The first-order chi connectivity index (χ1) is 9.12. The number of hydrogen-bond donors (Lipinski definition) is 1. The predicted molar refractivity (Wildman–Crippen MR) is 75.3 cm³/mol. The van der Waals surface area contributed by atoms with Gasteiger partial charge in [0.1, 0.15) is 17.5 Å². The van der Waals surface area contributed by atoms with Crippen molar-refractivity contribution < 1.29 is 9.84 Å². The van der Waals surface area contributed by atoms with E-state index in [2.05, 4.69) is 9.88 Å². The third-order valence-electron chi connectivity index (χ3n) is 4.40. The normalized spacial score (nSPS) is 20.3. The summed E-state index contributed by atoms with van der Waals surface area (Å²) in [6, 6.07) is 3.69. The van der Waals surface area contributed by atoms with E-state index in [1.165, 1.54) is 6.42 Å². The molecule has 0 radical (unpaired) electrons. The zero-order valence-corrected chi connectivity index (χ0v) is 12.1. The van der Waals surface area contributed by atoms with Crippen LogP contribution in [0.1, 0.15) is 43.9 Å². The van der Waals surface area contributed by atoms with Crippen LogP contribution in [0.15, 0.2) is 18.3 Å². The molecular formula is C15H24N2O2. The van der Waals surface area contributed by atoms with Crippen LogP contribution < -0.4 is 4.74 Å². The number of pyridine rings is 1. The molecular weight excluding hydrogens is 240 g/mol. The lowest BCUT2D eigenvalue weighted by Crippen LogP contribution is -2.50. The molecule has 1 aromatic rings. The molecule has 0 aromatic carbocycles. The summed E-state index contributed by atoms with van der Waals surface area (Å²) in [6.07, 6.45) is 6.67.